The van der Waals surface area contributed by atoms with E-state index in [0.29, 0.717) is 12.3 Å². The molecule has 0 amide bonds. The minimum atomic E-state index is -0.0139. The highest BCUT2D eigenvalue weighted by atomic mass is 16.5. The van der Waals surface area contributed by atoms with Gasteiger partial charge in [-0.25, -0.2) is 4.98 Å². The van der Waals surface area contributed by atoms with Crippen molar-refractivity contribution in [2.45, 2.75) is 13.5 Å². The van der Waals surface area contributed by atoms with E-state index in [1.807, 2.05) is 19.1 Å². The van der Waals surface area contributed by atoms with Crippen LogP contribution in [0.2, 0.25) is 0 Å². The normalized spacial score (nSPS) is 15.9. The third kappa shape index (κ3) is 1.12. The Kier molecular flexibility index (Phi) is 1.66. The Morgan fingerprint density at radius 3 is 3.08 bits per heavy atom. The van der Waals surface area contributed by atoms with Crippen LogP contribution in [-0.4, -0.2) is 17.4 Å². The third-order valence-electron chi connectivity index (χ3n) is 1.87. The lowest BCUT2D eigenvalue weighted by Gasteiger charge is -2.13. The van der Waals surface area contributed by atoms with Crippen molar-refractivity contribution in [2.75, 3.05) is 6.61 Å². The van der Waals surface area contributed by atoms with Crippen LogP contribution in [0.15, 0.2) is 12.1 Å². The minimum Gasteiger partial charge on any atom is -0.368 e. The number of carbonyl (C=O) groups is 1. The molecule has 0 bridgehead atoms. The van der Waals surface area contributed by atoms with E-state index in [1.54, 1.807) is 0 Å². The zero-order chi connectivity index (χ0) is 8.55. The van der Waals surface area contributed by atoms with E-state index in [0.717, 1.165) is 11.3 Å². The molecular weight excluding hydrogens is 154 g/mol. The molecule has 0 unspecified atom stereocenters. The Bertz CT molecular complexity index is 333. The van der Waals surface area contributed by atoms with Gasteiger partial charge in [0.2, 0.25) is 5.78 Å². The molecule has 0 atom stereocenters. The van der Waals surface area contributed by atoms with Crippen molar-refractivity contribution in [2.24, 2.45) is 0 Å². The van der Waals surface area contributed by atoms with Gasteiger partial charge in [0.1, 0.15) is 12.3 Å². The van der Waals surface area contributed by atoms with E-state index < -0.39 is 0 Å². The molecule has 1 aliphatic rings. The Morgan fingerprint density at radius 1 is 1.42 bits per heavy atom. The van der Waals surface area contributed by atoms with Crippen molar-refractivity contribution in [3.8, 4) is 0 Å². The number of nitrogens with zero attached hydrogens (tertiary/aromatic N) is 1. The maximum Gasteiger partial charge on any atom is 0.207 e. The van der Waals surface area contributed by atoms with Crippen LogP contribution in [-0.2, 0) is 11.3 Å². The van der Waals surface area contributed by atoms with Crippen LogP contribution >= 0.6 is 0 Å². The summed E-state index contributed by atoms with van der Waals surface area (Å²) in [6.45, 7) is 2.56. The number of ether oxygens (including phenoxy) is 1. The van der Waals surface area contributed by atoms with Gasteiger partial charge in [-0.05, 0) is 13.0 Å². The Balaban J connectivity index is 2.54. The predicted molar refractivity (Wildman–Crippen MR) is 43.0 cm³/mol. The second kappa shape index (κ2) is 2.68. The summed E-state index contributed by atoms with van der Waals surface area (Å²) in [6.07, 6.45) is 0. The number of fused-ring (bicyclic) bond motifs is 1. The molecule has 1 aliphatic heterocycles. The fraction of sp³-hybridized carbons (Fsp3) is 0.333. The van der Waals surface area contributed by atoms with E-state index in [9.17, 15) is 4.79 Å². The first-order valence-electron chi connectivity index (χ1n) is 3.85. The molecule has 2 heterocycles. The molecule has 0 spiro atoms. The molecule has 1 aromatic heterocycles. The number of ketones is 1. The summed E-state index contributed by atoms with van der Waals surface area (Å²) in [5, 5.41) is 0. The van der Waals surface area contributed by atoms with Gasteiger partial charge >= 0.3 is 0 Å². The van der Waals surface area contributed by atoms with Crippen LogP contribution in [0.5, 0.6) is 0 Å². The number of aromatic nitrogens is 1. The summed E-state index contributed by atoms with van der Waals surface area (Å²) in [7, 11) is 0. The summed E-state index contributed by atoms with van der Waals surface area (Å²) in [5.41, 5.74) is 2.36. The van der Waals surface area contributed by atoms with Crippen LogP contribution in [0, 0.1) is 6.92 Å². The van der Waals surface area contributed by atoms with Gasteiger partial charge in [0.15, 0.2) is 0 Å². The number of Topliss-reactive ketones (excluding diaryl/α,β-unsaturated/α-hetero) is 1. The van der Waals surface area contributed by atoms with Gasteiger partial charge in [-0.15, -0.1) is 0 Å². The SMILES string of the molecule is Cc1ccc2c(n1)C(=O)COC2. The minimum absolute atomic E-state index is 0.0139. The second-order valence-electron chi connectivity index (χ2n) is 2.88. The van der Waals surface area contributed by atoms with E-state index in [4.69, 9.17) is 4.74 Å². The topological polar surface area (TPSA) is 39.2 Å². The van der Waals surface area contributed by atoms with Crippen molar-refractivity contribution >= 4 is 5.78 Å². The smallest absolute Gasteiger partial charge is 0.207 e. The molecule has 1 aromatic rings. The van der Waals surface area contributed by atoms with Crippen molar-refractivity contribution in [3.63, 3.8) is 0 Å². The average molecular weight is 163 g/mol. The molecule has 3 nitrogen and oxygen atoms in total. The van der Waals surface area contributed by atoms with Crippen LogP contribution in [0.1, 0.15) is 21.7 Å². The predicted octanol–water partition coefficient (Wildman–Crippen LogP) is 1.10. The molecule has 2 rings (SSSR count). The van der Waals surface area contributed by atoms with Gasteiger partial charge in [0, 0.05) is 11.3 Å². The van der Waals surface area contributed by atoms with Crippen molar-refractivity contribution in [3.05, 3.63) is 29.1 Å². The van der Waals surface area contributed by atoms with Gasteiger partial charge in [-0.3, -0.25) is 4.79 Å². The first-order valence-corrected chi connectivity index (χ1v) is 3.85. The molecule has 0 saturated heterocycles. The Labute approximate surface area is 70.4 Å². The van der Waals surface area contributed by atoms with E-state index >= 15 is 0 Å². The highest BCUT2D eigenvalue weighted by Gasteiger charge is 2.18. The van der Waals surface area contributed by atoms with Gasteiger partial charge in [-0.2, -0.15) is 0 Å². The lowest BCUT2D eigenvalue weighted by atomic mass is 10.1. The van der Waals surface area contributed by atoms with E-state index in [2.05, 4.69) is 4.98 Å². The monoisotopic (exact) mass is 163 g/mol. The lowest BCUT2D eigenvalue weighted by Crippen LogP contribution is -2.19. The second-order valence-corrected chi connectivity index (χ2v) is 2.88. The zero-order valence-electron chi connectivity index (χ0n) is 6.83. The summed E-state index contributed by atoms with van der Waals surface area (Å²) in [6, 6.07) is 3.79. The van der Waals surface area contributed by atoms with Crippen LogP contribution in [0.25, 0.3) is 0 Å². The average Bonchev–Trinajstić information content (AvgIpc) is 2.07. The Morgan fingerprint density at radius 2 is 2.25 bits per heavy atom. The van der Waals surface area contributed by atoms with Crippen LogP contribution in [0.4, 0.5) is 0 Å². The number of rotatable bonds is 0. The molecule has 0 fully saturated rings. The molecule has 0 N–H and O–H groups in total. The highest BCUT2D eigenvalue weighted by Crippen LogP contribution is 2.14. The number of pyridine rings is 1. The maximum atomic E-state index is 11.3. The summed E-state index contributed by atoms with van der Waals surface area (Å²) in [4.78, 5) is 15.4. The molecule has 0 radical (unpaired) electrons. The summed E-state index contributed by atoms with van der Waals surface area (Å²) >= 11 is 0. The van der Waals surface area contributed by atoms with Crippen LogP contribution in [0.3, 0.4) is 0 Å². The highest BCUT2D eigenvalue weighted by molar-refractivity contribution is 5.97. The molecule has 0 aromatic carbocycles. The van der Waals surface area contributed by atoms with Crippen LogP contribution < -0.4 is 0 Å². The standard InChI is InChI=1S/C9H9NO2/c1-6-2-3-7-4-12-5-8(11)9(7)10-6/h2-3H,4-5H2,1H3. The molecule has 0 saturated carbocycles. The van der Waals surface area contributed by atoms with Gasteiger partial charge < -0.3 is 4.74 Å². The number of hydrogen-bond donors (Lipinski definition) is 0. The fourth-order valence-electron chi connectivity index (χ4n) is 1.27. The number of aryl methyl sites for hydroxylation is 1. The Hall–Kier alpha value is -1.22. The van der Waals surface area contributed by atoms with E-state index in [-0.39, 0.29) is 12.4 Å². The fourth-order valence-corrected chi connectivity index (χ4v) is 1.27. The third-order valence-corrected chi connectivity index (χ3v) is 1.87. The first kappa shape index (κ1) is 7.43. The molecular formula is C9H9NO2. The molecule has 12 heavy (non-hydrogen) atoms. The first-order chi connectivity index (χ1) is 5.77. The number of carbonyl (C=O) groups excluding carboxylic acids is 1. The van der Waals surface area contributed by atoms with Crippen molar-refractivity contribution in [1.82, 2.24) is 4.98 Å². The lowest BCUT2D eigenvalue weighted by molar-refractivity contribution is 0.0656. The quantitative estimate of drug-likeness (QED) is 0.575. The molecule has 62 valence electrons. The van der Waals surface area contributed by atoms with Gasteiger partial charge in [0.05, 0.1) is 6.61 Å². The maximum absolute atomic E-state index is 11.3. The van der Waals surface area contributed by atoms with Gasteiger partial charge in [0.25, 0.3) is 0 Å². The number of hydrogen-bond acceptors (Lipinski definition) is 3. The van der Waals surface area contributed by atoms with E-state index in [1.165, 1.54) is 0 Å². The summed E-state index contributed by atoms with van der Waals surface area (Å²) < 4.78 is 5.06. The zero-order valence-corrected chi connectivity index (χ0v) is 6.83. The van der Waals surface area contributed by atoms with Crippen molar-refractivity contribution in [1.29, 1.82) is 0 Å². The van der Waals surface area contributed by atoms with Gasteiger partial charge in [-0.1, -0.05) is 6.07 Å². The molecule has 0 aliphatic carbocycles. The largest absolute Gasteiger partial charge is 0.368 e. The van der Waals surface area contributed by atoms with Crippen molar-refractivity contribution < 1.29 is 9.53 Å². The molecule has 3 heteroatoms. The summed E-state index contributed by atoms with van der Waals surface area (Å²) in [5.74, 6) is -0.0139.